The summed E-state index contributed by atoms with van der Waals surface area (Å²) in [5.41, 5.74) is 1.14. The average molecular weight is 361 g/mol. The molecule has 1 aromatic carbocycles. The predicted molar refractivity (Wildman–Crippen MR) is 82.5 cm³/mol. The number of carbonyl (C=O) groups excluding carboxylic acids is 1. The fourth-order valence-electron chi connectivity index (χ4n) is 1.83. The van der Waals surface area contributed by atoms with Crippen LogP contribution in [0.5, 0.6) is 11.5 Å². The number of hydrogen-bond acceptors (Lipinski definition) is 5. The number of rotatable bonds is 5. The highest BCUT2D eigenvalue weighted by Gasteiger charge is 2.16. The summed E-state index contributed by atoms with van der Waals surface area (Å²) in [6.07, 6.45) is 0.420. The third-order valence-electron chi connectivity index (χ3n) is 2.92. The van der Waals surface area contributed by atoms with Crippen molar-refractivity contribution < 1.29 is 19.0 Å². The van der Waals surface area contributed by atoms with Crippen molar-refractivity contribution in [1.82, 2.24) is 0 Å². The van der Waals surface area contributed by atoms with Crippen molar-refractivity contribution in [2.45, 2.75) is 24.3 Å². The average Bonchev–Trinajstić information content (AvgIpc) is 2.44. The predicted octanol–water partition coefficient (Wildman–Crippen LogP) is 3.41. The van der Waals surface area contributed by atoms with Crippen molar-refractivity contribution in [3.05, 3.63) is 22.2 Å². The van der Waals surface area contributed by atoms with Crippen molar-refractivity contribution in [3.63, 3.8) is 0 Å². The molecule has 0 aromatic heterocycles. The number of hydrogen-bond donors (Lipinski definition) is 0. The molecule has 1 heterocycles. The van der Waals surface area contributed by atoms with E-state index >= 15 is 0 Å². The second kappa shape index (κ2) is 7.22. The Labute approximate surface area is 131 Å². The summed E-state index contributed by atoms with van der Waals surface area (Å²) in [7, 11) is 1.41. The molecule has 20 heavy (non-hydrogen) atoms. The zero-order valence-corrected chi connectivity index (χ0v) is 13.9. The van der Waals surface area contributed by atoms with E-state index < -0.39 is 0 Å². The fraction of sp³-hybridized carbons (Fsp3) is 0.500. The van der Waals surface area contributed by atoms with Crippen LogP contribution in [0, 0.1) is 0 Å². The highest BCUT2D eigenvalue weighted by Crippen LogP contribution is 2.37. The summed E-state index contributed by atoms with van der Waals surface area (Å²) < 4.78 is 16.8. The van der Waals surface area contributed by atoms with E-state index in [2.05, 4.69) is 20.7 Å². The number of esters is 1. The largest absolute Gasteiger partial charge is 0.486 e. The van der Waals surface area contributed by atoms with Gasteiger partial charge in [-0.2, -0.15) is 11.8 Å². The standard InChI is InChI=1S/C14H17BrO4S/c1-9(5-14(16)17-2)20-8-10-6-12-13(7-11(10)15)19-4-3-18-12/h6-7,9H,3-5,8H2,1-2H3. The Hall–Kier alpha value is -0.880. The van der Waals surface area contributed by atoms with Crippen LogP contribution in [0.25, 0.3) is 0 Å². The fourth-order valence-corrected chi connectivity index (χ4v) is 3.43. The lowest BCUT2D eigenvalue weighted by Gasteiger charge is -2.20. The van der Waals surface area contributed by atoms with Crippen molar-refractivity contribution >= 4 is 33.7 Å². The highest BCUT2D eigenvalue weighted by molar-refractivity contribution is 9.10. The summed E-state index contributed by atoms with van der Waals surface area (Å²) in [4.78, 5) is 11.2. The molecule has 4 nitrogen and oxygen atoms in total. The van der Waals surface area contributed by atoms with Crippen LogP contribution in [0.15, 0.2) is 16.6 Å². The van der Waals surface area contributed by atoms with E-state index in [0.29, 0.717) is 19.6 Å². The molecule has 1 aliphatic heterocycles. The molecule has 110 valence electrons. The SMILES string of the molecule is COC(=O)CC(C)SCc1cc2c(cc1Br)OCCO2. The van der Waals surface area contributed by atoms with E-state index in [4.69, 9.17) is 9.47 Å². The molecule has 1 unspecified atom stereocenters. The summed E-state index contributed by atoms with van der Waals surface area (Å²) >= 11 is 5.26. The van der Waals surface area contributed by atoms with E-state index in [1.807, 2.05) is 19.1 Å². The molecule has 6 heteroatoms. The summed E-state index contributed by atoms with van der Waals surface area (Å²) in [5.74, 6) is 2.19. The van der Waals surface area contributed by atoms with Gasteiger partial charge in [-0.3, -0.25) is 4.79 Å². The third-order valence-corrected chi connectivity index (χ3v) is 4.87. The lowest BCUT2D eigenvalue weighted by molar-refractivity contribution is -0.140. The van der Waals surface area contributed by atoms with Gasteiger partial charge in [-0.25, -0.2) is 0 Å². The molecule has 1 aliphatic rings. The van der Waals surface area contributed by atoms with E-state index in [0.717, 1.165) is 27.3 Å². The minimum Gasteiger partial charge on any atom is -0.486 e. The Morgan fingerprint density at radius 3 is 2.70 bits per heavy atom. The van der Waals surface area contributed by atoms with Crippen LogP contribution in [0.4, 0.5) is 0 Å². The van der Waals surface area contributed by atoms with E-state index in [1.165, 1.54) is 7.11 Å². The number of methoxy groups -OCH3 is 1. The molecule has 2 rings (SSSR count). The van der Waals surface area contributed by atoms with Gasteiger partial charge in [0.05, 0.1) is 13.5 Å². The molecule has 1 atom stereocenters. The number of fused-ring (bicyclic) bond motifs is 1. The van der Waals surface area contributed by atoms with Gasteiger partial charge in [0.15, 0.2) is 11.5 Å². The van der Waals surface area contributed by atoms with Gasteiger partial charge in [-0.1, -0.05) is 22.9 Å². The first-order chi connectivity index (χ1) is 9.60. The van der Waals surface area contributed by atoms with Crippen molar-refractivity contribution in [1.29, 1.82) is 0 Å². The van der Waals surface area contributed by atoms with Crippen molar-refractivity contribution in [3.8, 4) is 11.5 Å². The maximum Gasteiger partial charge on any atom is 0.306 e. The number of ether oxygens (including phenoxy) is 3. The number of benzene rings is 1. The van der Waals surface area contributed by atoms with Crippen LogP contribution >= 0.6 is 27.7 Å². The van der Waals surface area contributed by atoms with Crippen LogP contribution in [-0.4, -0.2) is 31.5 Å². The second-order valence-corrected chi connectivity index (χ2v) is 6.77. The van der Waals surface area contributed by atoms with Gasteiger partial charge in [0, 0.05) is 15.5 Å². The van der Waals surface area contributed by atoms with Gasteiger partial charge in [0.25, 0.3) is 0 Å². The maximum absolute atomic E-state index is 11.2. The van der Waals surface area contributed by atoms with Gasteiger partial charge in [0.2, 0.25) is 0 Å². The Morgan fingerprint density at radius 2 is 2.05 bits per heavy atom. The quantitative estimate of drug-likeness (QED) is 0.752. The Bertz CT molecular complexity index is 492. The zero-order valence-electron chi connectivity index (χ0n) is 11.5. The Kier molecular flexibility index (Phi) is 5.60. The first kappa shape index (κ1) is 15.5. The maximum atomic E-state index is 11.2. The van der Waals surface area contributed by atoms with Gasteiger partial charge in [0.1, 0.15) is 13.2 Å². The van der Waals surface area contributed by atoms with Crippen LogP contribution in [0.3, 0.4) is 0 Å². The van der Waals surface area contributed by atoms with Crippen molar-refractivity contribution in [2.75, 3.05) is 20.3 Å². The van der Waals surface area contributed by atoms with E-state index in [9.17, 15) is 4.79 Å². The molecule has 0 N–H and O–H groups in total. The topological polar surface area (TPSA) is 44.8 Å². The first-order valence-electron chi connectivity index (χ1n) is 6.36. The Balaban J connectivity index is 1.97. The molecule has 0 aliphatic carbocycles. The molecular formula is C14H17BrO4S. The van der Waals surface area contributed by atoms with Crippen LogP contribution < -0.4 is 9.47 Å². The van der Waals surface area contributed by atoms with Crippen LogP contribution in [0.2, 0.25) is 0 Å². The third kappa shape index (κ3) is 4.06. The molecule has 0 bridgehead atoms. The summed E-state index contributed by atoms with van der Waals surface area (Å²) in [6, 6.07) is 3.94. The molecule has 0 fully saturated rings. The van der Waals surface area contributed by atoms with Gasteiger partial charge < -0.3 is 14.2 Å². The minimum absolute atomic E-state index is 0.175. The lowest BCUT2D eigenvalue weighted by Crippen LogP contribution is -2.15. The summed E-state index contributed by atoms with van der Waals surface area (Å²) in [6.45, 7) is 3.19. The minimum atomic E-state index is -0.175. The zero-order chi connectivity index (χ0) is 14.5. The molecule has 0 spiro atoms. The number of halogens is 1. The number of thioether (sulfide) groups is 1. The van der Waals surface area contributed by atoms with Crippen molar-refractivity contribution in [2.24, 2.45) is 0 Å². The Morgan fingerprint density at radius 1 is 1.40 bits per heavy atom. The molecular weight excluding hydrogens is 344 g/mol. The lowest BCUT2D eigenvalue weighted by atomic mass is 10.2. The van der Waals surface area contributed by atoms with Gasteiger partial charge in [-0.05, 0) is 17.7 Å². The van der Waals surface area contributed by atoms with Gasteiger partial charge in [-0.15, -0.1) is 0 Å². The van der Waals surface area contributed by atoms with E-state index in [-0.39, 0.29) is 11.2 Å². The van der Waals surface area contributed by atoms with Gasteiger partial charge >= 0.3 is 5.97 Å². The monoisotopic (exact) mass is 360 g/mol. The molecule has 0 radical (unpaired) electrons. The van der Waals surface area contributed by atoms with Crippen LogP contribution in [0.1, 0.15) is 18.9 Å². The second-order valence-electron chi connectivity index (χ2n) is 4.49. The smallest absolute Gasteiger partial charge is 0.306 e. The molecule has 1 aromatic rings. The van der Waals surface area contributed by atoms with Crippen LogP contribution in [-0.2, 0) is 15.3 Å². The summed E-state index contributed by atoms with van der Waals surface area (Å²) in [5, 5.41) is 0.211. The normalized spacial score (nSPS) is 14.8. The highest BCUT2D eigenvalue weighted by atomic mass is 79.9. The molecule has 0 saturated heterocycles. The first-order valence-corrected chi connectivity index (χ1v) is 8.20. The number of carbonyl (C=O) groups is 1. The molecule has 0 amide bonds. The molecule has 0 saturated carbocycles. The van der Waals surface area contributed by atoms with E-state index in [1.54, 1.807) is 11.8 Å².